The number of hydrogen-bond acceptors (Lipinski definition) is 3. The summed E-state index contributed by atoms with van der Waals surface area (Å²) in [5, 5.41) is 9.42. The van der Waals surface area contributed by atoms with Crippen LogP contribution in [0.5, 0.6) is 0 Å². The molecule has 1 saturated heterocycles. The fraction of sp³-hybridized carbons (Fsp3) is 0.467. The van der Waals surface area contributed by atoms with Gasteiger partial charge in [-0.05, 0) is 31.9 Å². The average molecular weight is 288 g/mol. The summed E-state index contributed by atoms with van der Waals surface area (Å²) in [5.41, 5.74) is 0.679. The van der Waals surface area contributed by atoms with E-state index in [-0.39, 0.29) is 12.1 Å². The number of H-pyrrole nitrogens is 1. The van der Waals surface area contributed by atoms with Crippen LogP contribution in [0, 0.1) is 6.92 Å². The number of likely N-dealkylation sites (tertiary alicyclic amines) is 1. The van der Waals surface area contributed by atoms with Crippen molar-refractivity contribution in [2.24, 2.45) is 0 Å². The first-order valence-corrected chi connectivity index (χ1v) is 7.37. The summed E-state index contributed by atoms with van der Waals surface area (Å²) in [5.74, 6) is 1.75. The van der Waals surface area contributed by atoms with Gasteiger partial charge in [-0.25, -0.2) is 4.79 Å². The Balaban J connectivity index is 1.79. The molecule has 1 aliphatic rings. The van der Waals surface area contributed by atoms with Crippen molar-refractivity contribution in [3.63, 3.8) is 0 Å². The molecule has 0 unspecified atom stereocenters. The Hall–Kier alpha value is -2.24. The molecule has 2 N–H and O–H groups in total. The highest BCUT2D eigenvalue weighted by atomic mass is 16.3. The van der Waals surface area contributed by atoms with Crippen LogP contribution in [0.4, 0.5) is 10.5 Å². The van der Waals surface area contributed by atoms with Gasteiger partial charge >= 0.3 is 6.03 Å². The molecular formula is C15H20N4O2. The molecule has 1 atom stereocenters. The van der Waals surface area contributed by atoms with Crippen LogP contribution in [0.1, 0.15) is 43.2 Å². The molecule has 2 aromatic rings. The van der Waals surface area contributed by atoms with E-state index in [1.54, 1.807) is 12.4 Å². The van der Waals surface area contributed by atoms with Crippen molar-refractivity contribution < 1.29 is 9.21 Å². The van der Waals surface area contributed by atoms with Crippen molar-refractivity contribution in [3.8, 4) is 0 Å². The molecule has 0 radical (unpaired) electrons. The van der Waals surface area contributed by atoms with Gasteiger partial charge in [0.05, 0.1) is 17.9 Å². The van der Waals surface area contributed by atoms with Gasteiger partial charge in [0.2, 0.25) is 0 Å². The predicted molar refractivity (Wildman–Crippen MR) is 79.0 cm³/mol. The maximum Gasteiger partial charge on any atom is 0.322 e. The highest BCUT2D eigenvalue weighted by Gasteiger charge is 2.29. The third kappa shape index (κ3) is 3.09. The van der Waals surface area contributed by atoms with Crippen LogP contribution < -0.4 is 5.32 Å². The molecule has 1 fully saturated rings. The van der Waals surface area contributed by atoms with Crippen molar-refractivity contribution in [2.75, 3.05) is 11.9 Å². The van der Waals surface area contributed by atoms with Gasteiger partial charge in [0.1, 0.15) is 11.5 Å². The van der Waals surface area contributed by atoms with E-state index in [4.69, 9.17) is 4.42 Å². The first kappa shape index (κ1) is 13.7. The number of carbonyl (C=O) groups is 1. The van der Waals surface area contributed by atoms with Crippen molar-refractivity contribution in [1.29, 1.82) is 0 Å². The van der Waals surface area contributed by atoms with Crippen LogP contribution in [0.25, 0.3) is 0 Å². The SMILES string of the molecule is Cc1ccc([C@H]2CCCCCN2C(=O)Nc2cn[nH]c2)o1. The number of urea groups is 1. The molecule has 6 heteroatoms. The fourth-order valence-corrected chi connectivity index (χ4v) is 2.79. The fourth-order valence-electron chi connectivity index (χ4n) is 2.79. The Morgan fingerprint density at radius 1 is 1.43 bits per heavy atom. The molecular weight excluding hydrogens is 268 g/mol. The van der Waals surface area contributed by atoms with Gasteiger partial charge in [-0.3, -0.25) is 5.10 Å². The zero-order valence-electron chi connectivity index (χ0n) is 12.1. The van der Waals surface area contributed by atoms with Crippen molar-refractivity contribution in [1.82, 2.24) is 15.1 Å². The molecule has 0 saturated carbocycles. The maximum atomic E-state index is 12.5. The van der Waals surface area contributed by atoms with E-state index >= 15 is 0 Å². The van der Waals surface area contributed by atoms with Gasteiger partial charge in [-0.1, -0.05) is 12.8 Å². The Bertz CT molecular complexity index is 591. The van der Waals surface area contributed by atoms with Gasteiger partial charge in [0.15, 0.2) is 0 Å². The Labute approximate surface area is 123 Å². The number of aryl methyl sites for hydroxylation is 1. The second kappa shape index (κ2) is 6.03. The Kier molecular flexibility index (Phi) is 3.94. The highest BCUT2D eigenvalue weighted by Crippen LogP contribution is 2.31. The summed E-state index contributed by atoms with van der Waals surface area (Å²) in [6.07, 6.45) is 7.48. The lowest BCUT2D eigenvalue weighted by Crippen LogP contribution is -2.37. The summed E-state index contributed by atoms with van der Waals surface area (Å²) in [6.45, 7) is 2.67. The molecule has 3 heterocycles. The number of furan rings is 1. The molecule has 0 aromatic carbocycles. The number of amides is 2. The third-order valence-corrected chi connectivity index (χ3v) is 3.85. The second-order valence-electron chi connectivity index (χ2n) is 5.42. The zero-order valence-corrected chi connectivity index (χ0v) is 12.1. The molecule has 1 aliphatic heterocycles. The summed E-state index contributed by atoms with van der Waals surface area (Å²) in [6, 6.07) is 3.83. The molecule has 2 aromatic heterocycles. The number of anilines is 1. The quantitative estimate of drug-likeness (QED) is 0.888. The molecule has 6 nitrogen and oxygen atoms in total. The zero-order chi connectivity index (χ0) is 14.7. The minimum absolute atomic E-state index is 0.00750. The van der Waals surface area contributed by atoms with Crippen LogP contribution >= 0.6 is 0 Å². The first-order chi connectivity index (χ1) is 10.2. The first-order valence-electron chi connectivity index (χ1n) is 7.37. The van der Waals surface area contributed by atoms with E-state index in [1.807, 2.05) is 24.0 Å². The lowest BCUT2D eigenvalue weighted by atomic mass is 10.1. The number of aromatic amines is 1. The van der Waals surface area contributed by atoms with Gasteiger partial charge in [-0.15, -0.1) is 0 Å². The van der Waals surface area contributed by atoms with E-state index in [9.17, 15) is 4.79 Å². The number of nitrogens with zero attached hydrogens (tertiary/aromatic N) is 2. The molecule has 3 rings (SSSR count). The van der Waals surface area contributed by atoms with Crippen molar-refractivity contribution in [2.45, 2.75) is 38.6 Å². The summed E-state index contributed by atoms with van der Waals surface area (Å²) < 4.78 is 5.75. The van der Waals surface area contributed by atoms with Crippen LogP contribution in [0.3, 0.4) is 0 Å². The highest BCUT2D eigenvalue weighted by molar-refractivity contribution is 5.89. The van der Waals surface area contributed by atoms with Crippen molar-refractivity contribution in [3.05, 3.63) is 36.0 Å². The van der Waals surface area contributed by atoms with Crippen LogP contribution in [-0.4, -0.2) is 27.7 Å². The average Bonchev–Trinajstić information content (AvgIpc) is 3.05. The van der Waals surface area contributed by atoms with Gasteiger partial charge in [-0.2, -0.15) is 5.10 Å². The minimum Gasteiger partial charge on any atom is -0.464 e. The maximum absolute atomic E-state index is 12.5. The topological polar surface area (TPSA) is 74.2 Å². The largest absolute Gasteiger partial charge is 0.464 e. The lowest BCUT2D eigenvalue weighted by Gasteiger charge is -2.28. The number of rotatable bonds is 2. The normalized spacial score (nSPS) is 19.3. The van der Waals surface area contributed by atoms with Crippen molar-refractivity contribution >= 4 is 11.7 Å². The Morgan fingerprint density at radius 3 is 3.05 bits per heavy atom. The number of carbonyl (C=O) groups excluding carboxylic acids is 1. The minimum atomic E-state index is -0.0997. The van der Waals surface area contributed by atoms with E-state index in [2.05, 4.69) is 15.5 Å². The summed E-state index contributed by atoms with van der Waals surface area (Å²) >= 11 is 0. The molecule has 0 bridgehead atoms. The molecule has 0 spiro atoms. The number of hydrogen-bond donors (Lipinski definition) is 2. The monoisotopic (exact) mass is 288 g/mol. The van der Waals surface area contributed by atoms with E-state index in [0.717, 1.165) is 43.7 Å². The number of aromatic nitrogens is 2. The molecule has 2 amide bonds. The molecule has 21 heavy (non-hydrogen) atoms. The van der Waals surface area contributed by atoms with Crippen LogP contribution in [0.15, 0.2) is 28.9 Å². The van der Waals surface area contributed by atoms with Gasteiger partial charge < -0.3 is 14.6 Å². The summed E-state index contributed by atoms with van der Waals surface area (Å²) in [7, 11) is 0. The third-order valence-electron chi connectivity index (χ3n) is 3.85. The lowest BCUT2D eigenvalue weighted by molar-refractivity contribution is 0.178. The molecule has 0 aliphatic carbocycles. The molecule has 112 valence electrons. The second-order valence-corrected chi connectivity index (χ2v) is 5.42. The van der Waals surface area contributed by atoms with Crippen LogP contribution in [0.2, 0.25) is 0 Å². The van der Waals surface area contributed by atoms with Gasteiger partial charge in [0.25, 0.3) is 0 Å². The van der Waals surface area contributed by atoms with E-state index < -0.39 is 0 Å². The smallest absolute Gasteiger partial charge is 0.322 e. The summed E-state index contributed by atoms with van der Waals surface area (Å²) in [4.78, 5) is 14.4. The van der Waals surface area contributed by atoms with Crippen LogP contribution in [-0.2, 0) is 0 Å². The van der Waals surface area contributed by atoms with E-state index in [1.165, 1.54) is 0 Å². The van der Waals surface area contributed by atoms with Gasteiger partial charge in [0, 0.05) is 12.7 Å². The van der Waals surface area contributed by atoms with E-state index in [0.29, 0.717) is 5.69 Å². The predicted octanol–water partition coefficient (Wildman–Crippen LogP) is 3.46. The standard InChI is InChI=1S/C15H20N4O2/c1-11-6-7-14(21-11)13-5-3-2-4-8-19(13)15(20)18-12-9-16-17-10-12/h6-7,9-10,13H,2-5,8H2,1H3,(H,16,17)(H,18,20)/t13-/m1/s1. The number of nitrogens with one attached hydrogen (secondary N) is 2. The Morgan fingerprint density at radius 2 is 2.33 bits per heavy atom.